The Labute approximate surface area is 205 Å². The molecule has 12 heteroatoms. The van der Waals surface area contributed by atoms with Gasteiger partial charge in [-0.3, -0.25) is 4.98 Å². The normalized spacial score (nSPS) is 12.0. The Morgan fingerprint density at radius 2 is 1.74 bits per heavy atom. The highest BCUT2D eigenvalue weighted by molar-refractivity contribution is 8.01. The second kappa shape index (κ2) is 9.27. The van der Waals surface area contributed by atoms with E-state index in [1.807, 2.05) is 17.5 Å². The van der Waals surface area contributed by atoms with Gasteiger partial charge in [0.1, 0.15) is 5.69 Å². The second-order valence-corrected chi connectivity index (χ2v) is 10.2. The highest BCUT2D eigenvalue weighted by Gasteiger charge is 2.44. The quantitative estimate of drug-likeness (QED) is 0.393. The van der Waals surface area contributed by atoms with Crippen LogP contribution in [0.3, 0.4) is 0 Å². The van der Waals surface area contributed by atoms with Crippen LogP contribution in [0.15, 0.2) is 80.2 Å². The Kier molecular flexibility index (Phi) is 6.52. The van der Waals surface area contributed by atoms with Crippen molar-refractivity contribution in [3.05, 3.63) is 88.0 Å². The molecule has 1 N–H and O–H groups in total. The second-order valence-electron chi connectivity index (χ2n) is 7.85. The lowest BCUT2D eigenvalue weighted by atomic mass is 9.82. The number of carbonyl (C=O) groups excluding carboxylic acids is 1. The number of thiophene rings is 1. The Hall–Kier alpha value is -3.51. The Bertz CT molecular complexity index is 1400. The summed E-state index contributed by atoms with van der Waals surface area (Å²) in [6.07, 6.45) is -2.44. The van der Waals surface area contributed by atoms with Crippen molar-refractivity contribution in [2.45, 2.75) is 34.5 Å². The van der Waals surface area contributed by atoms with Gasteiger partial charge >= 0.3 is 17.8 Å². The van der Waals surface area contributed by atoms with E-state index in [4.69, 9.17) is 0 Å². The first-order chi connectivity index (χ1) is 16.5. The maximum Gasteiger partial charge on any atom is 0.493 e. The SMILES string of the molecule is CC(C)(c1ccncc1)c1c(O)n(-c2ccc(Sc3cccs3)cc2)c(=O)n1OC(=O)C(F)(F)F. The summed E-state index contributed by atoms with van der Waals surface area (Å²) in [5.74, 6) is -3.25. The summed E-state index contributed by atoms with van der Waals surface area (Å²) in [5.41, 5.74) is -2.06. The molecular formula is C23H18F3N3O4S2. The maximum atomic E-state index is 13.2. The lowest BCUT2D eigenvalue weighted by Gasteiger charge is -2.25. The molecule has 0 amide bonds. The number of carbonyl (C=O) groups is 1. The maximum absolute atomic E-state index is 13.2. The van der Waals surface area contributed by atoms with E-state index >= 15 is 0 Å². The highest BCUT2D eigenvalue weighted by atomic mass is 32.2. The largest absolute Gasteiger partial charge is 0.493 e. The summed E-state index contributed by atoms with van der Waals surface area (Å²) < 4.78 is 41.0. The number of hydrogen-bond donors (Lipinski definition) is 1. The summed E-state index contributed by atoms with van der Waals surface area (Å²) in [6, 6.07) is 13.5. The zero-order valence-electron chi connectivity index (χ0n) is 18.3. The monoisotopic (exact) mass is 521 g/mol. The van der Waals surface area contributed by atoms with E-state index in [0.717, 1.165) is 13.7 Å². The van der Waals surface area contributed by atoms with Gasteiger partial charge in [-0.2, -0.15) is 13.2 Å². The third kappa shape index (κ3) is 4.84. The molecule has 0 saturated carbocycles. The molecule has 4 aromatic rings. The van der Waals surface area contributed by atoms with Gasteiger partial charge in [0.25, 0.3) is 0 Å². The van der Waals surface area contributed by atoms with Gasteiger partial charge in [-0.25, -0.2) is 14.2 Å². The van der Waals surface area contributed by atoms with E-state index < -0.39 is 29.1 Å². The average Bonchev–Trinajstić information content (AvgIpc) is 3.40. The number of benzene rings is 1. The van der Waals surface area contributed by atoms with Crippen LogP contribution in [0.25, 0.3) is 5.69 Å². The third-order valence-corrected chi connectivity index (χ3v) is 7.25. The van der Waals surface area contributed by atoms with Gasteiger partial charge < -0.3 is 9.94 Å². The molecule has 182 valence electrons. The summed E-state index contributed by atoms with van der Waals surface area (Å²) in [4.78, 5) is 34.1. The molecule has 0 aliphatic carbocycles. The molecule has 7 nitrogen and oxygen atoms in total. The van der Waals surface area contributed by atoms with E-state index in [9.17, 15) is 27.9 Å². The van der Waals surface area contributed by atoms with E-state index in [1.165, 1.54) is 36.3 Å². The number of aromatic hydroxyl groups is 1. The molecule has 0 radical (unpaired) electrons. The molecule has 0 bridgehead atoms. The predicted octanol–water partition coefficient (Wildman–Crippen LogP) is 4.80. The van der Waals surface area contributed by atoms with E-state index in [2.05, 4.69) is 9.82 Å². The van der Waals surface area contributed by atoms with Crippen molar-refractivity contribution >= 4 is 29.1 Å². The lowest BCUT2D eigenvalue weighted by molar-refractivity contribution is -0.200. The predicted molar refractivity (Wildman–Crippen MR) is 124 cm³/mol. The van der Waals surface area contributed by atoms with Gasteiger partial charge in [0.15, 0.2) is 0 Å². The first kappa shape index (κ1) is 24.6. The van der Waals surface area contributed by atoms with Crippen molar-refractivity contribution in [2.24, 2.45) is 0 Å². The zero-order chi connectivity index (χ0) is 25.4. The Morgan fingerprint density at radius 1 is 1.09 bits per heavy atom. The van der Waals surface area contributed by atoms with Crippen molar-refractivity contribution < 1.29 is 27.9 Å². The number of imidazole rings is 1. The van der Waals surface area contributed by atoms with Crippen LogP contribution in [0, 0.1) is 0 Å². The fourth-order valence-corrected chi connectivity index (χ4v) is 5.21. The van der Waals surface area contributed by atoms with Crippen molar-refractivity contribution in [1.29, 1.82) is 0 Å². The minimum Gasteiger partial charge on any atom is -0.493 e. The van der Waals surface area contributed by atoms with Gasteiger partial charge in [-0.05, 0) is 67.3 Å². The third-order valence-electron chi connectivity index (χ3n) is 5.20. The number of pyridine rings is 1. The number of halogens is 3. The summed E-state index contributed by atoms with van der Waals surface area (Å²) >= 11 is 3.05. The van der Waals surface area contributed by atoms with Crippen LogP contribution in [0.1, 0.15) is 25.1 Å². The smallest absolute Gasteiger partial charge is 0.493 e. The molecule has 35 heavy (non-hydrogen) atoms. The molecule has 0 fully saturated rings. The number of alkyl halides is 3. The summed E-state index contributed by atoms with van der Waals surface area (Å²) in [7, 11) is 0. The van der Waals surface area contributed by atoms with Crippen LogP contribution in [-0.4, -0.2) is 31.5 Å². The van der Waals surface area contributed by atoms with E-state index in [0.29, 0.717) is 5.56 Å². The molecular weight excluding hydrogens is 503 g/mol. The molecule has 4 rings (SSSR count). The van der Waals surface area contributed by atoms with Crippen LogP contribution in [-0.2, 0) is 10.2 Å². The van der Waals surface area contributed by atoms with E-state index in [-0.39, 0.29) is 16.1 Å². The molecule has 3 heterocycles. The van der Waals surface area contributed by atoms with E-state index in [1.54, 1.807) is 49.4 Å². The Morgan fingerprint density at radius 3 is 2.31 bits per heavy atom. The molecule has 3 aromatic heterocycles. The number of rotatable bonds is 6. The zero-order valence-corrected chi connectivity index (χ0v) is 19.9. The van der Waals surface area contributed by atoms with Crippen molar-refractivity contribution in [3.63, 3.8) is 0 Å². The summed E-state index contributed by atoms with van der Waals surface area (Å²) in [5, 5.41) is 13.0. The van der Waals surface area contributed by atoms with Crippen LogP contribution < -0.4 is 10.5 Å². The van der Waals surface area contributed by atoms with Gasteiger partial charge in [0.2, 0.25) is 5.88 Å². The standard InChI is InChI=1S/C23H18F3N3O4S2/c1-22(2,14-9-11-27-12-10-14)18-19(30)28(21(32)29(18)33-20(31)23(24,25)26)15-5-7-16(8-6-15)35-17-4-3-13-34-17/h3-13,30H,1-2H3. The fourth-order valence-electron chi connectivity index (χ4n) is 3.47. The van der Waals surface area contributed by atoms with Gasteiger partial charge in [-0.1, -0.05) is 17.8 Å². The average molecular weight is 522 g/mol. The van der Waals surface area contributed by atoms with Crippen LogP contribution >= 0.6 is 23.1 Å². The number of aromatic nitrogens is 3. The lowest BCUT2D eigenvalue weighted by Crippen LogP contribution is -2.41. The van der Waals surface area contributed by atoms with Gasteiger partial charge in [0.05, 0.1) is 9.90 Å². The topological polar surface area (TPSA) is 86.3 Å². The van der Waals surface area contributed by atoms with Gasteiger partial charge in [0, 0.05) is 22.7 Å². The van der Waals surface area contributed by atoms with Crippen LogP contribution in [0.2, 0.25) is 0 Å². The van der Waals surface area contributed by atoms with Crippen molar-refractivity contribution in [2.75, 3.05) is 0 Å². The van der Waals surface area contributed by atoms with Crippen molar-refractivity contribution in [1.82, 2.24) is 14.3 Å². The minimum atomic E-state index is -5.35. The Balaban J connectivity index is 1.84. The first-order valence-corrected chi connectivity index (χ1v) is 11.8. The molecule has 0 atom stereocenters. The molecule has 0 spiro atoms. The molecule has 0 aliphatic rings. The van der Waals surface area contributed by atoms with Crippen LogP contribution in [0.5, 0.6) is 5.88 Å². The number of hydrogen-bond acceptors (Lipinski definition) is 7. The first-order valence-electron chi connectivity index (χ1n) is 10.1. The molecule has 0 aliphatic heterocycles. The van der Waals surface area contributed by atoms with Gasteiger partial charge in [-0.15, -0.1) is 16.1 Å². The molecule has 1 aromatic carbocycles. The molecule has 0 unspecified atom stereocenters. The summed E-state index contributed by atoms with van der Waals surface area (Å²) in [6.45, 7) is 3.14. The fraction of sp³-hybridized carbons (Fsp3) is 0.174. The number of nitrogens with zero attached hydrogens (tertiary/aromatic N) is 3. The van der Waals surface area contributed by atoms with Crippen molar-refractivity contribution in [3.8, 4) is 11.6 Å². The minimum absolute atomic E-state index is 0.177. The van der Waals surface area contributed by atoms with Crippen LogP contribution in [0.4, 0.5) is 13.2 Å². The molecule has 0 saturated heterocycles. The highest BCUT2D eigenvalue weighted by Crippen LogP contribution is 2.38.